The average Bonchev–Trinajstić information content (AvgIpc) is 3.16. The molecule has 2 aliphatic rings. The molecule has 7 heteroatoms. The van der Waals surface area contributed by atoms with Crippen molar-refractivity contribution >= 4 is 17.2 Å². The van der Waals surface area contributed by atoms with Crippen molar-refractivity contribution < 1.29 is 9.53 Å². The van der Waals surface area contributed by atoms with Crippen LogP contribution in [0.25, 0.3) is 0 Å². The summed E-state index contributed by atoms with van der Waals surface area (Å²) in [4.78, 5) is 21.8. The molecule has 0 aromatic carbocycles. The number of nitrogens with zero attached hydrogens (tertiary/aromatic N) is 3. The lowest BCUT2D eigenvalue weighted by Gasteiger charge is -2.42. The Bertz CT molecular complexity index is 517. The molecular formula is C18H30N4O2S. The van der Waals surface area contributed by atoms with Crippen LogP contribution in [0.15, 0.2) is 10.9 Å². The molecule has 6 nitrogen and oxygen atoms in total. The minimum absolute atomic E-state index is 0.138. The minimum atomic E-state index is 0.138. The van der Waals surface area contributed by atoms with E-state index in [1.807, 2.05) is 5.51 Å². The van der Waals surface area contributed by atoms with Crippen LogP contribution in [0, 0.1) is 5.92 Å². The van der Waals surface area contributed by atoms with E-state index in [1.165, 1.54) is 18.5 Å². The van der Waals surface area contributed by atoms with Crippen molar-refractivity contribution in [1.82, 2.24) is 20.1 Å². The smallest absolute Gasteiger partial charge is 0.224 e. The van der Waals surface area contributed by atoms with Crippen LogP contribution in [-0.4, -0.2) is 73.2 Å². The lowest BCUT2D eigenvalue weighted by Crippen LogP contribution is -2.50. The standard InChI is InChI=1S/C18H30N4O2S/c1-24-10-6-19-18(23)15-3-2-7-22(11-15)17-4-8-21(9-5-17)12-16-13-25-14-20-16/h13-15,17H,2-12H2,1H3,(H,19,23)/t15-/m1/s1. The second-order valence-corrected chi connectivity index (χ2v) is 7.82. The highest BCUT2D eigenvalue weighted by atomic mass is 32.1. The Morgan fingerprint density at radius 2 is 2.20 bits per heavy atom. The normalized spacial score (nSPS) is 23.6. The largest absolute Gasteiger partial charge is 0.383 e. The van der Waals surface area contributed by atoms with Crippen LogP contribution in [0.3, 0.4) is 0 Å². The van der Waals surface area contributed by atoms with E-state index in [0.29, 0.717) is 19.2 Å². The van der Waals surface area contributed by atoms with Crippen molar-refractivity contribution in [1.29, 1.82) is 0 Å². The summed E-state index contributed by atoms with van der Waals surface area (Å²) in [6.07, 6.45) is 4.53. The molecule has 1 aromatic rings. The lowest BCUT2D eigenvalue weighted by atomic mass is 9.93. The molecule has 2 fully saturated rings. The third-order valence-corrected chi connectivity index (χ3v) is 6.01. The fourth-order valence-corrected chi connectivity index (χ4v) is 4.51. The Hall–Kier alpha value is -1.02. The molecule has 2 saturated heterocycles. The zero-order valence-electron chi connectivity index (χ0n) is 15.2. The first-order chi connectivity index (χ1) is 12.3. The van der Waals surface area contributed by atoms with Crippen LogP contribution in [0.2, 0.25) is 0 Å². The van der Waals surface area contributed by atoms with Crippen molar-refractivity contribution in [2.45, 2.75) is 38.3 Å². The number of carbonyl (C=O) groups excluding carboxylic acids is 1. The Morgan fingerprint density at radius 1 is 1.36 bits per heavy atom. The molecule has 2 aliphatic heterocycles. The molecule has 1 N–H and O–H groups in total. The molecule has 140 valence electrons. The Kier molecular flexibility index (Phi) is 7.22. The monoisotopic (exact) mass is 366 g/mol. The van der Waals surface area contributed by atoms with Gasteiger partial charge in [-0.2, -0.15) is 0 Å². The third kappa shape index (κ3) is 5.48. The molecule has 3 rings (SSSR count). The van der Waals surface area contributed by atoms with Gasteiger partial charge in [0.2, 0.25) is 5.91 Å². The highest BCUT2D eigenvalue weighted by molar-refractivity contribution is 7.07. The minimum Gasteiger partial charge on any atom is -0.383 e. The maximum atomic E-state index is 12.3. The third-order valence-electron chi connectivity index (χ3n) is 5.37. The highest BCUT2D eigenvalue weighted by Gasteiger charge is 2.31. The summed E-state index contributed by atoms with van der Waals surface area (Å²) in [6.45, 7) is 6.47. The van der Waals surface area contributed by atoms with E-state index in [1.54, 1.807) is 18.4 Å². The van der Waals surface area contributed by atoms with Crippen LogP contribution in [0.4, 0.5) is 0 Å². The topological polar surface area (TPSA) is 57.7 Å². The molecule has 0 unspecified atom stereocenters. The van der Waals surface area contributed by atoms with Gasteiger partial charge in [-0.05, 0) is 32.2 Å². The molecular weight excluding hydrogens is 336 g/mol. The number of carbonyl (C=O) groups is 1. The maximum absolute atomic E-state index is 12.3. The predicted molar refractivity (Wildman–Crippen MR) is 99.6 cm³/mol. The number of amides is 1. The summed E-state index contributed by atoms with van der Waals surface area (Å²) >= 11 is 1.67. The molecule has 3 heterocycles. The summed E-state index contributed by atoms with van der Waals surface area (Å²) in [5.41, 5.74) is 3.10. The van der Waals surface area contributed by atoms with Crippen molar-refractivity contribution in [3.8, 4) is 0 Å². The van der Waals surface area contributed by atoms with Gasteiger partial charge in [0.15, 0.2) is 0 Å². The van der Waals surface area contributed by atoms with E-state index in [9.17, 15) is 4.79 Å². The van der Waals surface area contributed by atoms with Crippen LogP contribution in [-0.2, 0) is 16.1 Å². The lowest BCUT2D eigenvalue weighted by molar-refractivity contribution is -0.127. The zero-order chi connectivity index (χ0) is 17.5. The summed E-state index contributed by atoms with van der Waals surface area (Å²) in [7, 11) is 1.66. The first-order valence-corrected chi connectivity index (χ1v) is 10.3. The number of methoxy groups -OCH3 is 1. The van der Waals surface area contributed by atoms with Gasteiger partial charge in [-0.25, -0.2) is 4.98 Å². The van der Waals surface area contributed by atoms with Gasteiger partial charge < -0.3 is 10.1 Å². The number of hydrogen-bond acceptors (Lipinski definition) is 6. The zero-order valence-corrected chi connectivity index (χ0v) is 16.0. The summed E-state index contributed by atoms with van der Waals surface area (Å²) in [6, 6.07) is 0.626. The van der Waals surface area contributed by atoms with Gasteiger partial charge >= 0.3 is 0 Å². The quantitative estimate of drug-likeness (QED) is 0.743. The summed E-state index contributed by atoms with van der Waals surface area (Å²) in [5.74, 6) is 0.335. The number of ether oxygens (including phenoxy) is 1. The number of nitrogens with one attached hydrogen (secondary N) is 1. The fourth-order valence-electron chi connectivity index (χ4n) is 3.96. The molecule has 1 amide bonds. The Morgan fingerprint density at radius 3 is 2.92 bits per heavy atom. The van der Waals surface area contributed by atoms with Crippen molar-refractivity contribution in [3.63, 3.8) is 0 Å². The van der Waals surface area contributed by atoms with E-state index >= 15 is 0 Å². The van der Waals surface area contributed by atoms with Gasteiger partial charge in [-0.15, -0.1) is 11.3 Å². The van der Waals surface area contributed by atoms with E-state index in [2.05, 4.69) is 25.5 Å². The molecule has 1 aromatic heterocycles. The molecule has 0 bridgehead atoms. The molecule has 0 spiro atoms. The molecule has 25 heavy (non-hydrogen) atoms. The number of likely N-dealkylation sites (tertiary alicyclic amines) is 2. The first kappa shape index (κ1) is 18.8. The number of rotatable bonds is 7. The molecule has 0 radical (unpaired) electrons. The Labute approximate surface area is 154 Å². The van der Waals surface area contributed by atoms with Gasteiger partial charge in [-0.3, -0.25) is 14.6 Å². The van der Waals surface area contributed by atoms with E-state index < -0.39 is 0 Å². The van der Waals surface area contributed by atoms with Crippen molar-refractivity contribution in [3.05, 3.63) is 16.6 Å². The number of aromatic nitrogens is 1. The van der Waals surface area contributed by atoms with Crippen LogP contribution < -0.4 is 5.32 Å². The molecule has 1 atom stereocenters. The summed E-state index contributed by atoms with van der Waals surface area (Å²) < 4.78 is 5.01. The Balaban J connectivity index is 1.42. The predicted octanol–water partition coefficient (Wildman–Crippen LogP) is 1.58. The van der Waals surface area contributed by atoms with Gasteiger partial charge in [0, 0.05) is 51.3 Å². The summed E-state index contributed by atoms with van der Waals surface area (Å²) in [5, 5.41) is 5.15. The fraction of sp³-hybridized carbons (Fsp3) is 0.778. The van der Waals surface area contributed by atoms with Crippen LogP contribution >= 0.6 is 11.3 Å². The number of hydrogen-bond donors (Lipinski definition) is 1. The highest BCUT2D eigenvalue weighted by Crippen LogP contribution is 2.24. The van der Waals surface area contributed by atoms with E-state index in [4.69, 9.17) is 4.74 Å². The van der Waals surface area contributed by atoms with Gasteiger partial charge in [-0.1, -0.05) is 0 Å². The second kappa shape index (κ2) is 9.62. The maximum Gasteiger partial charge on any atom is 0.224 e. The number of thiazole rings is 1. The van der Waals surface area contributed by atoms with Crippen molar-refractivity contribution in [2.24, 2.45) is 5.92 Å². The molecule has 0 saturated carbocycles. The van der Waals surface area contributed by atoms with E-state index in [0.717, 1.165) is 45.6 Å². The SMILES string of the molecule is COCCNC(=O)[C@@H]1CCCN(C2CCN(Cc3cscn3)CC2)C1. The average molecular weight is 367 g/mol. The van der Waals surface area contributed by atoms with Crippen LogP contribution in [0.5, 0.6) is 0 Å². The van der Waals surface area contributed by atoms with E-state index in [-0.39, 0.29) is 11.8 Å². The second-order valence-electron chi connectivity index (χ2n) is 7.11. The molecule has 0 aliphatic carbocycles. The first-order valence-electron chi connectivity index (χ1n) is 9.36. The number of piperidine rings is 2. The van der Waals surface area contributed by atoms with Crippen molar-refractivity contribution in [2.75, 3.05) is 46.4 Å². The van der Waals surface area contributed by atoms with Gasteiger partial charge in [0.05, 0.1) is 23.7 Å². The van der Waals surface area contributed by atoms with Gasteiger partial charge in [0.1, 0.15) is 0 Å². The van der Waals surface area contributed by atoms with Crippen LogP contribution in [0.1, 0.15) is 31.4 Å². The van der Waals surface area contributed by atoms with Gasteiger partial charge in [0.25, 0.3) is 0 Å².